The van der Waals surface area contributed by atoms with Crippen molar-refractivity contribution in [3.8, 4) is 5.75 Å². The van der Waals surface area contributed by atoms with Gasteiger partial charge in [0.05, 0.1) is 5.56 Å². The summed E-state index contributed by atoms with van der Waals surface area (Å²) in [6, 6.07) is 6.55. The Morgan fingerprint density at radius 3 is 2.78 bits per heavy atom. The van der Waals surface area contributed by atoms with Gasteiger partial charge in [-0.15, -0.1) is 0 Å². The Kier molecular flexibility index (Phi) is 4.91. The van der Waals surface area contributed by atoms with Gasteiger partial charge in [0.15, 0.2) is 5.69 Å². The van der Waals surface area contributed by atoms with E-state index in [-0.39, 0.29) is 12.5 Å². The third-order valence-electron chi connectivity index (χ3n) is 5.83. The number of carbonyl (C=O) groups is 1. The fourth-order valence-corrected chi connectivity index (χ4v) is 4.23. The first-order chi connectivity index (χ1) is 13.0. The number of para-hydroxylation sites is 1. The predicted molar refractivity (Wildman–Crippen MR) is 102 cm³/mol. The van der Waals surface area contributed by atoms with Crippen molar-refractivity contribution in [1.29, 1.82) is 0 Å². The molecule has 1 unspecified atom stereocenters. The van der Waals surface area contributed by atoms with Crippen LogP contribution in [0.15, 0.2) is 22.7 Å². The summed E-state index contributed by atoms with van der Waals surface area (Å²) in [5.74, 6) is 1.46. The Morgan fingerprint density at radius 2 is 2.00 bits per heavy atom. The number of rotatable bonds is 4. The minimum absolute atomic E-state index is 0.0431. The molecule has 2 saturated heterocycles. The van der Waals surface area contributed by atoms with E-state index in [4.69, 9.17) is 9.26 Å². The smallest absolute Gasteiger partial charge is 0.276 e. The molecule has 6 nitrogen and oxygen atoms in total. The van der Waals surface area contributed by atoms with Gasteiger partial charge in [-0.25, -0.2) is 0 Å². The van der Waals surface area contributed by atoms with Crippen LogP contribution in [-0.4, -0.2) is 53.1 Å². The molecule has 0 spiro atoms. The second kappa shape index (κ2) is 7.35. The molecule has 1 aromatic carbocycles. The highest BCUT2D eigenvalue weighted by Crippen LogP contribution is 2.26. The molecule has 144 valence electrons. The Morgan fingerprint density at radius 1 is 1.22 bits per heavy atom. The van der Waals surface area contributed by atoms with Gasteiger partial charge in [0, 0.05) is 25.7 Å². The van der Waals surface area contributed by atoms with Crippen LogP contribution in [0.4, 0.5) is 0 Å². The maximum Gasteiger partial charge on any atom is 0.276 e. The monoisotopic (exact) mass is 369 g/mol. The SMILES string of the molecule is Cc1cccc(C)c1OCc1c(C(=O)N2CCN3CCCC3C2)noc1C. The zero-order chi connectivity index (χ0) is 19.0. The second-order valence-corrected chi connectivity index (χ2v) is 7.66. The summed E-state index contributed by atoms with van der Waals surface area (Å²) in [6.45, 7) is 9.80. The van der Waals surface area contributed by atoms with Crippen LogP contribution in [-0.2, 0) is 6.61 Å². The Bertz CT molecular complexity index is 825. The molecule has 2 fully saturated rings. The van der Waals surface area contributed by atoms with Crippen LogP contribution < -0.4 is 4.74 Å². The standard InChI is InChI=1S/C21H27N3O3/c1-14-6-4-7-15(2)20(14)26-13-18-16(3)27-22-19(18)21(25)24-11-10-23-9-5-8-17(23)12-24/h4,6-7,17H,5,8-13H2,1-3H3. The molecule has 3 heterocycles. The number of fused-ring (bicyclic) bond motifs is 1. The lowest BCUT2D eigenvalue weighted by Crippen LogP contribution is -2.52. The molecule has 6 heteroatoms. The first kappa shape index (κ1) is 18.0. The van der Waals surface area contributed by atoms with E-state index in [1.54, 1.807) is 0 Å². The Hall–Kier alpha value is -2.34. The fraction of sp³-hybridized carbons (Fsp3) is 0.524. The molecule has 0 N–H and O–H groups in total. The summed E-state index contributed by atoms with van der Waals surface area (Å²) in [5, 5.41) is 4.07. The molecule has 0 bridgehead atoms. The zero-order valence-corrected chi connectivity index (χ0v) is 16.3. The molecule has 1 aromatic heterocycles. The van der Waals surface area contributed by atoms with Crippen LogP contribution in [0.5, 0.6) is 5.75 Å². The number of benzene rings is 1. The van der Waals surface area contributed by atoms with E-state index >= 15 is 0 Å². The molecular weight excluding hydrogens is 342 g/mol. The quantitative estimate of drug-likeness (QED) is 0.829. The van der Waals surface area contributed by atoms with Gasteiger partial charge in [0.1, 0.15) is 18.1 Å². The van der Waals surface area contributed by atoms with Crippen molar-refractivity contribution in [3.05, 3.63) is 46.3 Å². The average Bonchev–Trinajstić information content (AvgIpc) is 3.27. The zero-order valence-electron chi connectivity index (χ0n) is 16.3. The molecule has 2 aliphatic rings. The van der Waals surface area contributed by atoms with Gasteiger partial charge in [-0.1, -0.05) is 23.4 Å². The molecule has 1 amide bonds. The number of ether oxygens (including phenoxy) is 1. The second-order valence-electron chi connectivity index (χ2n) is 7.66. The lowest BCUT2D eigenvalue weighted by atomic mass is 10.1. The first-order valence-corrected chi connectivity index (χ1v) is 9.72. The minimum atomic E-state index is -0.0431. The van der Waals surface area contributed by atoms with Crippen LogP contribution in [0.3, 0.4) is 0 Å². The highest BCUT2D eigenvalue weighted by Gasteiger charge is 2.34. The fourth-order valence-electron chi connectivity index (χ4n) is 4.23. The van der Waals surface area contributed by atoms with Crippen molar-refractivity contribution in [2.24, 2.45) is 0 Å². The Labute approximate surface area is 160 Å². The molecule has 1 atom stereocenters. The van der Waals surface area contributed by atoms with Crippen LogP contribution >= 0.6 is 0 Å². The van der Waals surface area contributed by atoms with E-state index in [0.29, 0.717) is 17.5 Å². The largest absolute Gasteiger partial charge is 0.488 e. The summed E-state index contributed by atoms with van der Waals surface area (Å²) in [4.78, 5) is 17.5. The molecule has 2 aliphatic heterocycles. The van der Waals surface area contributed by atoms with E-state index in [2.05, 4.69) is 10.1 Å². The minimum Gasteiger partial charge on any atom is -0.488 e. The van der Waals surface area contributed by atoms with Crippen molar-refractivity contribution in [1.82, 2.24) is 15.0 Å². The topological polar surface area (TPSA) is 58.8 Å². The van der Waals surface area contributed by atoms with Crippen LogP contribution in [0.1, 0.15) is 45.8 Å². The van der Waals surface area contributed by atoms with Gasteiger partial charge in [-0.3, -0.25) is 9.69 Å². The summed E-state index contributed by atoms with van der Waals surface area (Å²) in [5.41, 5.74) is 3.30. The number of hydrogen-bond acceptors (Lipinski definition) is 5. The Balaban J connectivity index is 1.50. The van der Waals surface area contributed by atoms with E-state index in [1.807, 2.05) is 43.9 Å². The van der Waals surface area contributed by atoms with E-state index < -0.39 is 0 Å². The molecule has 0 radical (unpaired) electrons. The molecule has 0 saturated carbocycles. The number of hydrogen-bond donors (Lipinski definition) is 0. The number of carbonyl (C=O) groups excluding carboxylic acids is 1. The number of aryl methyl sites for hydroxylation is 3. The lowest BCUT2D eigenvalue weighted by molar-refractivity contribution is 0.0559. The summed E-state index contributed by atoms with van der Waals surface area (Å²) < 4.78 is 11.4. The summed E-state index contributed by atoms with van der Waals surface area (Å²) >= 11 is 0. The van der Waals surface area contributed by atoms with Crippen LogP contribution in [0, 0.1) is 20.8 Å². The van der Waals surface area contributed by atoms with E-state index in [9.17, 15) is 4.79 Å². The highest BCUT2D eigenvalue weighted by atomic mass is 16.5. The molecule has 27 heavy (non-hydrogen) atoms. The number of piperazine rings is 1. The van der Waals surface area contributed by atoms with Gasteiger partial charge in [0.25, 0.3) is 5.91 Å². The van der Waals surface area contributed by atoms with Crippen molar-refractivity contribution in [3.63, 3.8) is 0 Å². The highest BCUT2D eigenvalue weighted by molar-refractivity contribution is 5.94. The molecule has 2 aromatic rings. The lowest BCUT2D eigenvalue weighted by Gasteiger charge is -2.37. The summed E-state index contributed by atoms with van der Waals surface area (Å²) in [7, 11) is 0. The van der Waals surface area contributed by atoms with Crippen LogP contribution in [0.2, 0.25) is 0 Å². The normalized spacial score (nSPS) is 20.0. The van der Waals surface area contributed by atoms with Gasteiger partial charge >= 0.3 is 0 Å². The van der Waals surface area contributed by atoms with Gasteiger partial charge in [0.2, 0.25) is 0 Å². The molecule has 0 aliphatic carbocycles. The van der Waals surface area contributed by atoms with Gasteiger partial charge < -0.3 is 14.2 Å². The van der Waals surface area contributed by atoms with E-state index in [0.717, 1.165) is 48.6 Å². The predicted octanol–water partition coefficient (Wildman–Crippen LogP) is 3.10. The van der Waals surface area contributed by atoms with Gasteiger partial charge in [-0.2, -0.15) is 0 Å². The first-order valence-electron chi connectivity index (χ1n) is 9.72. The molecule has 4 rings (SSSR count). The van der Waals surface area contributed by atoms with Gasteiger partial charge in [-0.05, 0) is 51.3 Å². The third kappa shape index (κ3) is 3.46. The van der Waals surface area contributed by atoms with Crippen molar-refractivity contribution in [2.45, 2.75) is 46.3 Å². The summed E-state index contributed by atoms with van der Waals surface area (Å²) in [6.07, 6.45) is 2.40. The van der Waals surface area contributed by atoms with E-state index in [1.165, 1.54) is 12.8 Å². The number of aromatic nitrogens is 1. The average molecular weight is 369 g/mol. The van der Waals surface area contributed by atoms with Crippen LogP contribution in [0.25, 0.3) is 0 Å². The number of amides is 1. The van der Waals surface area contributed by atoms with Crippen molar-refractivity contribution >= 4 is 5.91 Å². The third-order valence-corrected chi connectivity index (χ3v) is 5.83. The van der Waals surface area contributed by atoms with Crippen molar-refractivity contribution < 1.29 is 14.1 Å². The maximum absolute atomic E-state index is 13.1. The van der Waals surface area contributed by atoms with Crippen molar-refractivity contribution in [2.75, 3.05) is 26.2 Å². The molecular formula is C21H27N3O3. The number of nitrogens with zero attached hydrogens (tertiary/aromatic N) is 3. The maximum atomic E-state index is 13.1.